The van der Waals surface area contributed by atoms with Crippen LogP contribution >= 0.6 is 0 Å². The lowest BCUT2D eigenvalue weighted by atomic mass is 9.87. The molecule has 0 amide bonds. The second kappa shape index (κ2) is 11.9. The van der Waals surface area contributed by atoms with Gasteiger partial charge in [-0.2, -0.15) is 0 Å². The molecule has 0 spiro atoms. The minimum absolute atomic E-state index is 0.0716. The minimum atomic E-state index is -1.21. The highest BCUT2D eigenvalue weighted by Gasteiger charge is 2.51. The Morgan fingerprint density at radius 1 is 0.872 bits per heavy atom. The normalized spacial score (nSPS) is 13.9. The molecule has 8 heteroatoms. The van der Waals surface area contributed by atoms with Crippen molar-refractivity contribution in [2.45, 2.75) is 36.6 Å². The number of rotatable bonds is 10. The number of carboxylic acid groups (broad SMARTS) is 1. The number of aromatic nitrogens is 1. The number of fused-ring (bicyclic) bond motifs is 1. The number of carbonyl (C=O) groups is 2. The molecule has 1 heterocycles. The number of ketones is 1. The van der Waals surface area contributed by atoms with E-state index in [2.05, 4.69) is 4.57 Å². The van der Waals surface area contributed by atoms with E-state index >= 15 is 0 Å². The van der Waals surface area contributed by atoms with Crippen LogP contribution in [0.15, 0.2) is 85.1 Å². The van der Waals surface area contributed by atoms with Crippen molar-refractivity contribution in [1.29, 1.82) is 0 Å². The Hall–Kier alpha value is -3.82. The average Bonchev–Trinajstić information content (AvgIpc) is 3.71. The minimum Gasteiger partial charge on any atom is -0.481 e. The van der Waals surface area contributed by atoms with Crippen LogP contribution in [0, 0.1) is 0 Å². The molecule has 3 aromatic carbocycles. The number of hydrogen-bond acceptors (Lipinski definition) is 6. The molecule has 0 unspecified atom stereocenters. The first-order valence-corrected chi connectivity index (χ1v) is 12.9. The molecular weight excluding hydrogens is 496 g/mol. The van der Waals surface area contributed by atoms with Crippen molar-refractivity contribution < 1.29 is 30.0 Å². The number of aliphatic carboxylic acids is 1. The molecule has 0 bridgehead atoms. The molecule has 0 aliphatic heterocycles. The van der Waals surface area contributed by atoms with Gasteiger partial charge < -0.3 is 30.7 Å². The van der Waals surface area contributed by atoms with Gasteiger partial charge in [-0.25, -0.2) is 0 Å². The molecule has 39 heavy (non-hydrogen) atoms. The zero-order valence-electron chi connectivity index (χ0n) is 21.7. The van der Waals surface area contributed by atoms with Gasteiger partial charge in [-0.1, -0.05) is 54.6 Å². The zero-order chi connectivity index (χ0) is 28.0. The van der Waals surface area contributed by atoms with Gasteiger partial charge in [-0.05, 0) is 54.7 Å². The number of para-hydroxylation sites is 1. The SMILES string of the molecule is NC(CO)(CO)CO.O=C(O)CCc1ccc2c(c1)c(C(=O)C1(c3ccccc3)CC1)cn2-c1ccccc1. The maximum absolute atomic E-state index is 13.9. The van der Waals surface area contributed by atoms with Gasteiger partial charge in [0.05, 0.1) is 36.3 Å². The number of nitrogens with two attached hydrogens (primary N) is 1. The van der Waals surface area contributed by atoms with Crippen molar-refractivity contribution in [1.82, 2.24) is 4.57 Å². The number of hydrogen-bond donors (Lipinski definition) is 5. The molecule has 4 aromatic rings. The molecule has 204 valence electrons. The molecule has 0 saturated heterocycles. The first kappa shape index (κ1) is 28.2. The number of aliphatic hydroxyl groups is 3. The van der Waals surface area contributed by atoms with E-state index < -0.39 is 36.7 Å². The van der Waals surface area contributed by atoms with Crippen molar-refractivity contribution in [2.24, 2.45) is 5.73 Å². The van der Waals surface area contributed by atoms with Crippen LogP contribution in [0.25, 0.3) is 16.6 Å². The first-order valence-electron chi connectivity index (χ1n) is 12.9. The predicted octanol–water partition coefficient (Wildman–Crippen LogP) is 3.22. The van der Waals surface area contributed by atoms with Gasteiger partial charge in [-0.3, -0.25) is 9.59 Å². The fraction of sp³-hybridized carbons (Fsp3) is 0.290. The Kier molecular flexibility index (Phi) is 8.62. The summed E-state index contributed by atoms with van der Waals surface area (Å²) in [5, 5.41) is 35.0. The molecule has 6 N–H and O–H groups in total. The number of aryl methyl sites for hydroxylation is 1. The van der Waals surface area contributed by atoms with Crippen molar-refractivity contribution in [3.8, 4) is 5.69 Å². The highest BCUT2D eigenvalue weighted by atomic mass is 16.4. The number of carboxylic acids is 1. The van der Waals surface area contributed by atoms with Crippen LogP contribution in [0.1, 0.15) is 40.7 Å². The van der Waals surface area contributed by atoms with Crippen LogP contribution in [0.5, 0.6) is 0 Å². The van der Waals surface area contributed by atoms with E-state index in [0.717, 1.165) is 40.6 Å². The van der Waals surface area contributed by atoms with E-state index in [1.807, 2.05) is 85.1 Å². The van der Waals surface area contributed by atoms with Crippen LogP contribution in [-0.2, 0) is 16.6 Å². The van der Waals surface area contributed by atoms with E-state index in [-0.39, 0.29) is 12.2 Å². The van der Waals surface area contributed by atoms with E-state index in [1.165, 1.54) is 0 Å². The zero-order valence-corrected chi connectivity index (χ0v) is 21.7. The molecule has 5 rings (SSSR count). The van der Waals surface area contributed by atoms with Gasteiger partial charge >= 0.3 is 5.97 Å². The average molecular weight is 531 g/mol. The standard InChI is InChI=1S/C27H23NO3.C4H11NO3/c29-25(30)14-12-19-11-13-24-22(17-19)23(18-28(24)21-9-5-2-6-10-21)26(31)27(15-16-27)20-7-3-1-4-8-20;5-4(1-6,2-7)3-8/h1-11,13,17-18H,12,14-16H2,(H,29,30);6-8H,1-3,5H2. The third kappa shape index (κ3) is 6.10. The number of Topliss-reactive ketones (excluding diaryl/α,β-unsaturated/α-hetero) is 1. The number of nitrogens with zero attached hydrogens (tertiary/aromatic N) is 1. The van der Waals surface area contributed by atoms with Crippen molar-refractivity contribution >= 4 is 22.7 Å². The second-order valence-corrected chi connectivity index (χ2v) is 10.1. The molecule has 8 nitrogen and oxygen atoms in total. The van der Waals surface area contributed by atoms with Crippen LogP contribution in [0.2, 0.25) is 0 Å². The highest BCUT2D eigenvalue weighted by molar-refractivity contribution is 6.14. The Balaban J connectivity index is 0.000000386. The van der Waals surface area contributed by atoms with Gasteiger partial charge in [0.1, 0.15) is 0 Å². The molecule has 1 aliphatic rings. The summed E-state index contributed by atoms with van der Waals surface area (Å²) in [6.45, 7) is -1.21. The summed E-state index contributed by atoms with van der Waals surface area (Å²) in [5.41, 5.74) is 8.15. The summed E-state index contributed by atoms with van der Waals surface area (Å²) in [4.78, 5) is 24.9. The van der Waals surface area contributed by atoms with Gasteiger partial charge in [0.15, 0.2) is 5.78 Å². The lowest BCUT2D eigenvalue weighted by Crippen LogP contribution is -2.50. The largest absolute Gasteiger partial charge is 0.481 e. The molecule has 0 atom stereocenters. The van der Waals surface area contributed by atoms with Gasteiger partial charge in [-0.15, -0.1) is 0 Å². The van der Waals surface area contributed by atoms with Crippen molar-refractivity contribution in [3.05, 3.63) is 102 Å². The molecule has 1 aliphatic carbocycles. The lowest BCUT2D eigenvalue weighted by molar-refractivity contribution is -0.136. The molecular formula is C31H34N2O6. The maximum Gasteiger partial charge on any atom is 0.303 e. The second-order valence-electron chi connectivity index (χ2n) is 10.1. The van der Waals surface area contributed by atoms with E-state index in [9.17, 15) is 9.59 Å². The quantitative estimate of drug-likeness (QED) is 0.198. The lowest BCUT2D eigenvalue weighted by Gasteiger charge is -2.20. The molecule has 0 radical (unpaired) electrons. The van der Waals surface area contributed by atoms with Crippen LogP contribution in [-0.4, -0.2) is 62.1 Å². The Labute approximate surface area is 227 Å². The maximum atomic E-state index is 13.9. The van der Waals surface area contributed by atoms with Crippen LogP contribution in [0.4, 0.5) is 0 Å². The summed E-state index contributed by atoms with van der Waals surface area (Å²) in [7, 11) is 0. The number of aliphatic hydroxyl groups excluding tert-OH is 3. The molecule has 1 aromatic heterocycles. The van der Waals surface area contributed by atoms with Gasteiger partial charge in [0.25, 0.3) is 0 Å². The summed E-state index contributed by atoms with van der Waals surface area (Å²) < 4.78 is 2.06. The van der Waals surface area contributed by atoms with Crippen molar-refractivity contribution in [3.63, 3.8) is 0 Å². The van der Waals surface area contributed by atoms with Crippen LogP contribution in [0.3, 0.4) is 0 Å². The van der Waals surface area contributed by atoms with Gasteiger partial charge in [0, 0.05) is 29.3 Å². The number of carbonyl (C=O) groups excluding carboxylic acids is 1. The number of benzene rings is 3. The van der Waals surface area contributed by atoms with Crippen LogP contribution < -0.4 is 5.73 Å². The third-order valence-electron chi connectivity index (χ3n) is 7.23. The van der Waals surface area contributed by atoms with E-state index in [4.69, 9.17) is 26.2 Å². The monoisotopic (exact) mass is 530 g/mol. The Morgan fingerprint density at radius 3 is 1.97 bits per heavy atom. The Morgan fingerprint density at radius 2 is 1.46 bits per heavy atom. The van der Waals surface area contributed by atoms with Gasteiger partial charge in [0.2, 0.25) is 0 Å². The predicted molar refractivity (Wildman–Crippen MR) is 149 cm³/mol. The Bertz CT molecular complexity index is 1420. The highest BCUT2D eigenvalue weighted by Crippen LogP contribution is 2.51. The molecule has 1 fully saturated rings. The fourth-order valence-electron chi connectivity index (χ4n) is 4.60. The molecule has 1 saturated carbocycles. The fourth-order valence-corrected chi connectivity index (χ4v) is 4.60. The smallest absolute Gasteiger partial charge is 0.303 e. The van der Waals surface area contributed by atoms with Crippen molar-refractivity contribution in [2.75, 3.05) is 19.8 Å². The third-order valence-corrected chi connectivity index (χ3v) is 7.23. The summed E-state index contributed by atoms with van der Waals surface area (Å²) in [6, 6.07) is 26.0. The summed E-state index contributed by atoms with van der Waals surface area (Å²) in [6.07, 6.45) is 4.17. The first-order chi connectivity index (χ1) is 18.8. The van der Waals surface area contributed by atoms with E-state index in [1.54, 1.807) is 0 Å². The summed E-state index contributed by atoms with van der Waals surface area (Å²) in [5.74, 6) is -0.673. The topological polar surface area (TPSA) is 146 Å². The van der Waals surface area contributed by atoms with E-state index in [0.29, 0.717) is 12.0 Å². The summed E-state index contributed by atoms with van der Waals surface area (Å²) >= 11 is 0.